The van der Waals surface area contributed by atoms with Crippen LogP contribution in [0.4, 0.5) is 0 Å². The van der Waals surface area contributed by atoms with Crippen molar-refractivity contribution in [3.63, 3.8) is 0 Å². The highest BCUT2D eigenvalue weighted by Gasteiger charge is 2.45. The van der Waals surface area contributed by atoms with Gasteiger partial charge >= 0.3 is 0 Å². The summed E-state index contributed by atoms with van der Waals surface area (Å²) in [6.45, 7) is 8.80. The second kappa shape index (κ2) is 4.60. The minimum absolute atomic E-state index is 0.0875. The van der Waals surface area contributed by atoms with E-state index in [0.29, 0.717) is 5.41 Å². The van der Waals surface area contributed by atoms with Crippen molar-refractivity contribution in [2.24, 2.45) is 12.5 Å². The molecule has 1 aromatic heterocycles. The summed E-state index contributed by atoms with van der Waals surface area (Å²) in [5, 5.41) is 0. The van der Waals surface area contributed by atoms with Crippen LogP contribution in [0.5, 0.6) is 0 Å². The first-order valence-electron chi connectivity index (χ1n) is 7.30. The highest BCUT2D eigenvalue weighted by Crippen LogP contribution is 2.46. The summed E-state index contributed by atoms with van der Waals surface area (Å²) < 4.78 is 8.08. The van der Waals surface area contributed by atoms with E-state index in [4.69, 9.17) is 4.74 Å². The van der Waals surface area contributed by atoms with Gasteiger partial charge in [-0.05, 0) is 51.6 Å². The molecule has 0 amide bonds. The summed E-state index contributed by atoms with van der Waals surface area (Å²) in [6.07, 6.45) is 7.63. The van der Waals surface area contributed by atoms with Crippen molar-refractivity contribution < 1.29 is 4.74 Å². The second-order valence-corrected chi connectivity index (χ2v) is 7.00. The molecule has 2 saturated heterocycles. The van der Waals surface area contributed by atoms with E-state index >= 15 is 0 Å². The minimum Gasteiger partial charge on any atom is -0.375 e. The zero-order chi connectivity index (χ0) is 13.5. The number of rotatable bonds is 2. The Hall–Kier alpha value is -0.870. The zero-order valence-electron chi connectivity index (χ0n) is 12.4. The monoisotopic (exact) mass is 263 g/mol. The fourth-order valence-corrected chi connectivity index (χ4v) is 3.63. The van der Waals surface area contributed by atoms with Crippen LogP contribution >= 0.6 is 0 Å². The van der Waals surface area contributed by atoms with Crippen molar-refractivity contribution in [2.75, 3.05) is 19.7 Å². The molecule has 0 radical (unpaired) electrons. The lowest BCUT2D eigenvalue weighted by atomic mass is 9.74. The molecule has 0 aromatic carbocycles. The topological polar surface area (TPSA) is 30.3 Å². The van der Waals surface area contributed by atoms with Crippen LogP contribution in [0, 0.1) is 5.41 Å². The standard InChI is InChI=1S/C15H25N3O/c1-14(2)10-15(11-19-14)4-6-18(7-5-15)9-13-8-16-12-17(13)3/h8,12H,4-7,9-11H2,1-3H3. The van der Waals surface area contributed by atoms with Crippen molar-refractivity contribution in [3.05, 3.63) is 18.2 Å². The lowest BCUT2D eigenvalue weighted by molar-refractivity contribution is 0.0242. The predicted molar refractivity (Wildman–Crippen MR) is 74.8 cm³/mol. The summed E-state index contributed by atoms with van der Waals surface area (Å²) in [6, 6.07) is 0. The van der Waals surface area contributed by atoms with Crippen LogP contribution in [0.1, 0.15) is 38.8 Å². The van der Waals surface area contributed by atoms with Gasteiger partial charge < -0.3 is 9.30 Å². The first-order valence-corrected chi connectivity index (χ1v) is 7.30. The van der Waals surface area contributed by atoms with Crippen LogP contribution in [-0.4, -0.2) is 39.7 Å². The average molecular weight is 263 g/mol. The first-order chi connectivity index (χ1) is 8.98. The molecular formula is C15H25N3O. The maximum atomic E-state index is 5.96. The summed E-state index contributed by atoms with van der Waals surface area (Å²) in [4.78, 5) is 6.74. The minimum atomic E-state index is 0.0875. The van der Waals surface area contributed by atoms with Crippen LogP contribution in [0.3, 0.4) is 0 Å². The van der Waals surface area contributed by atoms with Crippen molar-refractivity contribution in [1.82, 2.24) is 14.5 Å². The number of aromatic nitrogens is 2. The molecular weight excluding hydrogens is 238 g/mol. The molecule has 0 bridgehead atoms. The van der Waals surface area contributed by atoms with Gasteiger partial charge in [0.05, 0.1) is 24.2 Å². The molecule has 2 fully saturated rings. The lowest BCUT2D eigenvalue weighted by Gasteiger charge is -2.38. The molecule has 1 spiro atoms. The van der Waals surface area contributed by atoms with E-state index in [1.54, 1.807) is 0 Å². The van der Waals surface area contributed by atoms with Crippen LogP contribution in [0.15, 0.2) is 12.5 Å². The number of ether oxygens (including phenoxy) is 1. The fraction of sp³-hybridized carbons (Fsp3) is 0.800. The third-order valence-electron chi connectivity index (χ3n) is 4.79. The molecule has 0 aliphatic carbocycles. The molecule has 0 saturated carbocycles. The number of hydrogen-bond acceptors (Lipinski definition) is 3. The molecule has 106 valence electrons. The molecule has 19 heavy (non-hydrogen) atoms. The Kier molecular flexibility index (Phi) is 3.18. The number of likely N-dealkylation sites (tertiary alicyclic amines) is 1. The zero-order valence-corrected chi connectivity index (χ0v) is 12.4. The Balaban J connectivity index is 1.57. The molecule has 0 N–H and O–H groups in total. The van der Waals surface area contributed by atoms with Gasteiger partial charge in [-0.2, -0.15) is 0 Å². The molecule has 3 heterocycles. The first kappa shape index (κ1) is 13.1. The third-order valence-corrected chi connectivity index (χ3v) is 4.79. The van der Waals surface area contributed by atoms with Gasteiger partial charge in [-0.3, -0.25) is 4.90 Å². The highest BCUT2D eigenvalue weighted by molar-refractivity contribution is 5.00. The fourth-order valence-electron chi connectivity index (χ4n) is 3.63. The predicted octanol–water partition coefficient (Wildman–Crippen LogP) is 2.20. The number of piperidine rings is 1. The Morgan fingerprint density at radius 1 is 1.32 bits per heavy atom. The summed E-state index contributed by atoms with van der Waals surface area (Å²) in [7, 11) is 2.07. The van der Waals surface area contributed by atoms with Crippen LogP contribution in [-0.2, 0) is 18.3 Å². The van der Waals surface area contributed by atoms with E-state index in [0.717, 1.165) is 13.2 Å². The van der Waals surface area contributed by atoms with E-state index in [9.17, 15) is 0 Å². The molecule has 0 unspecified atom stereocenters. The Bertz CT molecular complexity index is 444. The van der Waals surface area contributed by atoms with Crippen molar-refractivity contribution in [2.45, 2.75) is 45.3 Å². The summed E-state index contributed by atoms with van der Waals surface area (Å²) >= 11 is 0. The highest BCUT2D eigenvalue weighted by atomic mass is 16.5. The van der Waals surface area contributed by atoms with Gasteiger partial charge in [-0.25, -0.2) is 4.98 Å². The molecule has 2 aliphatic heterocycles. The van der Waals surface area contributed by atoms with Crippen molar-refractivity contribution >= 4 is 0 Å². The molecule has 4 nitrogen and oxygen atoms in total. The number of aryl methyl sites for hydroxylation is 1. The quantitative estimate of drug-likeness (QED) is 0.819. The molecule has 1 aromatic rings. The molecule has 3 rings (SSSR count). The SMILES string of the molecule is Cn1cncc1CN1CCC2(CC1)COC(C)(C)C2. The maximum Gasteiger partial charge on any atom is 0.0945 e. The smallest absolute Gasteiger partial charge is 0.0945 e. The second-order valence-electron chi connectivity index (χ2n) is 7.00. The molecule has 0 atom stereocenters. The number of hydrogen-bond donors (Lipinski definition) is 0. The normalized spacial score (nSPS) is 26.1. The summed E-state index contributed by atoms with van der Waals surface area (Å²) in [5.41, 5.74) is 1.84. The Labute approximate surface area is 115 Å². The number of imidazole rings is 1. The van der Waals surface area contributed by atoms with Gasteiger partial charge in [0, 0.05) is 19.8 Å². The van der Waals surface area contributed by atoms with Gasteiger partial charge in [0.15, 0.2) is 0 Å². The van der Waals surface area contributed by atoms with Crippen LogP contribution in [0.2, 0.25) is 0 Å². The molecule has 2 aliphatic rings. The van der Waals surface area contributed by atoms with Crippen LogP contribution in [0.25, 0.3) is 0 Å². The van der Waals surface area contributed by atoms with Crippen molar-refractivity contribution in [3.8, 4) is 0 Å². The van der Waals surface area contributed by atoms with Crippen LogP contribution < -0.4 is 0 Å². The Morgan fingerprint density at radius 2 is 2.05 bits per heavy atom. The largest absolute Gasteiger partial charge is 0.375 e. The van der Waals surface area contributed by atoms with Gasteiger partial charge in [-0.15, -0.1) is 0 Å². The van der Waals surface area contributed by atoms with Gasteiger partial charge in [0.25, 0.3) is 0 Å². The van der Waals surface area contributed by atoms with Gasteiger partial charge in [0.1, 0.15) is 0 Å². The lowest BCUT2D eigenvalue weighted by Crippen LogP contribution is -2.40. The summed E-state index contributed by atoms with van der Waals surface area (Å²) in [5.74, 6) is 0. The van der Waals surface area contributed by atoms with E-state index in [-0.39, 0.29) is 5.60 Å². The molecule has 4 heteroatoms. The van der Waals surface area contributed by atoms with Crippen molar-refractivity contribution in [1.29, 1.82) is 0 Å². The van der Waals surface area contributed by atoms with Gasteiger partial charge in [-0.1, -0.05) is 0 Å². The Morgan fingerprint density at radius 3 is 2.58 bits per heavy atom. The van der Waals surface area contributed by atoms with E-state index in [1.165, 1.54) is 38.0 Å². The maximum absolute atomic E-state index is 5.96. The van der Waals surface area contributed by atoms with E-state index < -0.39 is 0 Å². The van der Waals surface area contributed by atoms with E-state index in [2.05, 4.69) is 35.3 Å². The van der Waals surface area contributed by atoms with Gasteiger partial charge in [0.2, 0.25) is 0 Å². The average Bonchev–Trinajstić information content (AvgIpc) is 2.88. The number of nitrogens with zero attached hydrogens (tertiary/aromatic N) is 3. The third kappa shape index (κ3) is 2.70. The van der Waals surface area contributed by atoms with E-state index in [1.807, 2.05) is 12.5 Å².